The second kappa shape index (κ2) is 7.36. The van der Waals surface area contributed by atoms with Crippen LogP contribution < -0.4 is 5.32 Å². The summed E-state index contributed by atoms with van der Waals surface area (Å²) in [7, 11) is 1.64. The summed E-state index contributed by atoms with van der Waals surface area (Å²) in [5.41, 5.74) is 0. The normalized spacial score (nSPS) is 24.3. The van der Waals surface area contributed by atoms with Crippen molar-refractivity contribution in [3.63, 3.8) is 0 Å². The van der Waals surface area contributed by atoms with Crippen LogP contribution in [-0.4, -0.2) is 49.1 Å². The van der Waals surface area contributed by atoms with Crippen molar-refractivity contribution in [3.8, 4) is 0 Å². The van der Waals surface area contributed by atoms with E-state index in [9.17, 15) is 9.59 Å². The predicted octanol–water partition coefficient (Wildman–Crippen LogP) is 0.929. The van der Waals surface area contributed by atoms with Crippen molar-refractivity contribution in [1.29, 1.82) is 0 Å². The van der Waals surface area contributed by atoms with Gasteiger partial charge in [0.1, 0.15) is 12.1 Å². The molecule has 0 bridgehead atoms. The van der Waals surface area contributed by atoms with Crippen molar-refractivity contribution in [3.05, 3.63) is 0 Å². The number of nitrogens with zero attached hydrogens (tertiary/aromatic N) is 1. The molecule has 1 fully saturated rings. The van der Waals surface area contributed by atoms with Crippen molar-refractivity contribution >= 4 is 11.8 Å². The highest BCUT2D eigenvalue weighted by Crippen LogP contribution is 2.16. The number of nitrogens with one attached hydrogen (secondary N) is 1. The van der Waals surface area contributed by atoms with Gasteiger partial charge in [-0.25, -0.2) is 0 Å². The molecule has 5 heteroatoms. The molecular weight excluding hydrogens is 232 g/mol. The van der Waals surface area contributed by atoms with Crippen LogP contribution in [0.5, 0.6) is 0 Å². The van der Waals surface area contributed by atoms with Crippen molar-refractivity contribution < 1.29 is 14.3 Å². The average molecular weight is 256 g/mol. The molecule has 18 heavy (non-hydrogen) atoms. The van der Waals surface area contributed by atoms with Gasteiger partial charge in [-0.1, -0.05) is 20.3 Å². The van der Waals surface area contributed by atoms with Crippen molar-refractivity contribution in [2.45, 2.75) is 51.6 Å². The van der Waals surface area contributed by atoms with E-state index in [0.29, 0.717) is 19.6 Å². The molecule has 2 amide bonds. The summed E-state index contributed by atoms with van der Waals surface area (Å²) in [6.45, 7) is 5.15. The zero-order chi connectivity index (χ0) is 13.5. The predicted molar refractivity (Wildman–Crippen MR) is 69.1 cm³/mol. The van der Waals surface area contributed by atoms with Crippen LogP contribution in [0.4, 0.5) is 0 Å². The van der Waals surface area contributed by atoms with Gasteiger partial charge in [-0.2, -0.15) is 0 Å². The molecule has 1 N–H and O–H groups in total. The Hall–Kier alpha value is -1.10. The van der Waals surface area contributed by atoms with E-state index in [0.717, 1.165) is 19.3 Å². The number of piperazine rings is 1. The largest absolute Gasteiger partial charge is 0.385 e. The molecule has 1 aliphatic rings. The average Bonchev–Trinajstić information content (AvgIpc) is 2.37. The van der Waals surface area contributed by atoms with Crippen LogP contribution in [0, 0.1) is 0 Å². The topological polar surface area (TPSA) is 58.6 Å². The third-order valence-corrected chi connectivity index (χ3v) is 3.29. The quantitative estimate of drug-likeness (QED) is 0.689. The second-order valence-electron chi connectivity index (χ2n) is 4.65. The molecule has 0 radical (unpaired) electrons. The highest BCUT2D eigenvalue weighted by atomic mass is 16.5. The number of rotatable bonds is 7. The van der Waals surface area contributed by atoms with Crippen molar-refractivity contribution in [2.75, 3.05) is 20.3 Å². The van der Waals surface area contributed by atoms with Gasteiger partial charge in [0.15, 0.2) is 0 Å². The highest BCUT2D eigenvalue weighted by molar-refractivity contribution is 5.96. The molecule has 0 spiro atoms. The Bertz CT molecular complexity index is 294. The van der Waals surface area contributed by atoms with Gasteiger partial charge in [0, 0.05) is 20.3 Å². The maximum absolute atomic E-state index is 12.3. The summed E-state index contributed by atoms with van der Waals surface area (Å²) in [6.07, 6.45) is 3.03. The van der Waals surface area contributed by atoms with Crippen LogP contribution in [0.2, 0.25) is 0 Å². The zero-order valence-corrected chi connectivity index (χ0v) is 11.6. The Balaban J connectivity index is 2.73. The fourth-order valence-corrected chi connectivity index (χ4v) is 2.31. The zero-order valence-electron chi connectivity index (χ0n) is 11.6. The van der Waals surface area contributed by atoms with E-state index in [1.807, 2.05) is 13.8 Å². The van der Waals surface area contributed by atoms with Crippen LogP contribution in [0.1, 0.15) is 39.5 Å². The lowest BCUT2D eigenvalue weighted by Crippen LogP contribution is -2.63. The van der Waals surface area contributed by atoms with Crippen molar-refractivity contribution in [1.82, 2.24) is 10.2 Å². The Kier molecular flexibility index (Phi) is 6.12. The number of carbonyl (C=O) groups excluding carboxylic acids is 2. The molecule has 5 nitrogen and oxygen atoms in total. The minimum atomic E-state index is -0.354. The SMILES string of the molecule is CCCC1C(=O)NC(CC)C(=O)N1CCCOC. The highest BCUT2D eigenvalue weighted by Gasteiger charge is 2.38. The monoisotopic (exact) mass is 256 g/mol. The number of methoxy groups -OCH3 is 1. The smallest absolute Gasteiger partial charge is 0.245 e. The summed E-state index contributed by atoms with van der Waals surface area (Å²) >= 11 is 0. The molecule has 2 unspecified atom stereocenters. The standard InChI is InChI=1S/C13H24N2O3/c1-4-7-11-12(16)14-10(5-2)13(17)15(11)8-6-9-18-3/h10-11H,4-9H2,1-3H3,(H,14,16). The first-order valence-corrected chi connectivity index (χ1v) is 6.75. The summed E-state index contributed by atoms with van der Waals surface area (Å²) in [5.74, 6) is 0.0346. The molecule has 0 aromatic carbocycles. The van der Waals surface area contributed by atoms with E-state index in [1.165, 1.54) is 0 Å². The van der Waals surface area contributed by atoms with Crippen LogP contribution in [0.25, 0.3) is 0 Å². The molecule has 0 aliphatic carbocycles. The van der Waals surface area contributed by atoms with Gasteiger partial charge >= 0.3 is 0 Å². The lowest BCUT2D eigenvalue weighted by atomic mass is 10.0. The number of carbonyl (C=O) groups is 2. The van der Waals surface area contributed by atoms with E-state index < -0.39 is 0 Å². The second-order valence-corrected chi connectivity index (χ2v) is 4.65. The molecular formula is C13H24N2O3. The van der Waals surface area contributed by atoms with Gasteiger partial charge in [0.25, 0.3) is 0 Å². The first-order valence-electron chi connectivity index (χ1n) is 6.75. The summed E-state index contributed by atoms with van der Waals surface area (Å²) in [5, 5.41) is 2.81. The van der Waals surface area contributed by atoms with E-state index in [4.69, 9.17) is 4.74 Å². The van der Waals surface area contributed by atoms with E-state index in [-0.39, 0.29) is 23.9 Å². The van der Waals surface area contributed by atoms with Gasteiger partial charge in [-0.05, 0) is 19.3 Å². The molecule has 0 aromatic heterocycles. The van der Waals surface area contributed by atoms with Gasteiger partial charge in [-0.15, -0.1) is 0 Å². The van der Waals surface area contributed by atoms with E-state index in [1.54, 1.807) is 12.0 Å². The molecule has 0 aromatic rings. The maximum Gasteiger partial charge on any atom is 0.245 e. The molecule has 1 heterocycles. The molecule has 104 valence electrons. The van der Waals surface area contributed by atoms with Crippen LogP contribution in [0.15, 0.2) is 0 Å². The van der Waals surface area contributed by atoms with Gasteiger partial charge < -0.3 is 15.0 Å². The van der Waals surface area contributed by atoms with E-state index in [2.05, 4.69) is 5.32 Å². The maximum atomic E-state index is 12.3. The number of amides is 2. The first-order chi connectivity index (χ1) is 8.65. The Labute approximate surface area is 109 Å². The Morgan fingerprint density at radius 3 is 2.61 bits per heavy atom. The fourth-order valence-electron chi connectivity index (χ4n) is 2.31. The Morgan fingerprint density at radius 2 is 2.06 bits per heavy atom. The summed E-state index contributed by atoms with van der Waals surface area (Å²) in [6, 6.07) is -0.657. The molecule has 0 saturated carbocycles. The van der Waals surface area contributed by atoms with Gasteiger partial charge in [0.05, 0.1) is 0 Å². The number of hydrogen-bond donors (Lipinski definition) is 1. The minimum Gasteiger partial charge on any atom is -0.385 e. The fraction of sp³-hybridized carbons (Fsp3) is 0.846. The van der Waals surface area contributed by atoms with E-state index >= 15 is 0 Å². The number of ether oxygens (including phenoxy) is 1. The minimum absolute atomic E-state index is 0.0132. The van der Waals surface area contributed by atoms with Gasteiger partial charge in [0.2, 0.25) is 11.8 Å². The lowest BCUT2D eigenvalue weighted by Gasteiger charge is -2.38. The summed E-state index contributed by atoms with van der Waals surface area (Å²) in [4.78, 5) is 26.0. The third-order valence-electron chi connectivity index (χ3n) is 3.29. The van der Waals surface area contributed by atoms with Crippen LogP contribution in [0.3, 0.4) is 0 Å². The van der Waals surface area contributed by atoms with Crippen molar-refractivity contribution in [2.24, 2.45) is 0 Å². The molecule has 2 atom stereocenters. The number of hydrogen-bond acceptors (Lipinski definition) is 3. The Morgan fingerprint density at radius 1 is 1.33 bits per heavy atom. The van der Waals surface area contributed by atoms with Crippen LogP contribution >= 0.6 is 0 Å². The summed E-state index contributed by atoms with van der Waals surface area (Å²) < 4.78 is 5.00. The molecule has 1 rings (SSSR count). The molecule has 1 aliphatic heterocycles. The first kappa shape index (κ1) is 15.0. The molecule has 1 saturated heterocycles. The third kappa shape index (κ3) is 3.45. The van der Waals surface area contributed by atoms with Crippen LogP contribution in [-0.2, 0) is 14.3 Å². The lowest BCUT2D eigenvalue weighted by molar-refractivity contribution is -0.149. The van der Waals surface area contributed by atoms with Gasteiger partial charge in [-0.3, -0.25) is 9.59 Å².